The van der Waals surface area contributed by atoms with Gasteiger partial charge in [-0.3, -0.25) is 0 Å². The lowest BCUT2D eigenvalue weighted by Gasteiger charge is -2.01. The third-order valence-electron chi connectivity index (χ3n) is 4.23. The van der Waals surface area contributed by atoms with E-state index in [1.54, 1.807) is 0 Å². The summed E-state index contributed by atoms with van der Waals surface area (Å²) < 4.78 is 6.20. The van der Waals surface area contributed by atoms with E-state index in [0.29, 0.717) is 0 Å². The molecule has 1 aromatic heterocycles. The van der Waals surface area contributed by atoms with Gasteiger partial charge in [0.05, 0.1) is 22.1 Å². The van der Waals surface area contributed by atoms with Crippen molar-refractivity contribution in [2.45, 2.75) is 6.92 Å². The molecule has 25 heavy (non-hydrogen) atoms. The van der Waals surface area contributed by atoms with Gasteiger partial charge in [0.1, 0.15) is 0 Å². The molecule has 0 aliphatic heterocycles. The van der Waals surface area contributed by atoms with Crippen molar-refractivity contribution < 1.29 is 4.42 Å². The van der Waals surface area contributed by atoms with Gasteiger partial charge in [-0.1, -0.05) is 60.4 Å². The number of hydrogen-bond acceptors (Lipinski definition) is 0. The fourth-order valence-corrected chi connectivity index (χ4v) is 2.95. The second kappa shape index (κ2) is 6.63. The van der Waals surface area contributed by atoms with E-state index in [0.717, 1.165) is 39.0 Å². The highest BCUT2D eigenvalue weighted by Gasteiger charge is 2.22. The number of rotatable bonds is 1. The van der Waals surface area contributed by atoms with Crippen LogP contribution in [0.1, 0.15) is 16.7 Å². The predicted molar refractivity (Wildman–Crippen MR) is 103 cm³/mol. The fraction of sp³-hybridized carbons (Fsp3) is 0.0417. The number of benzene rings is 3. The number of hydrogen-bond donors (Lipinski definition) is 0. The Balaban J connectivity index is 1.96. The van der Waals surface area contributed by atoms with Crippen LogP contribution < -0.4 is 0 Å². The van der Waals surface area contributed by atoms with Gasteiger partial charge in [-0.05, 0) is 37.3 Å². The Morgan fingerprint density at radius 2 is 1.32 bits per heavy atom. The lowest BCUT2D eigenvalue weighted by atomic mass is 9.99. The molecule has 0 amide bonds. The first-order valence-electron chi connectivity index (χ1n) is 8.31. The maximum Gasteiger partial charge on any atom is 0.364 e. The van der Waals surface area contributed by atoms with E-state index in [1.807, 2.05) is 66.7 Å². The molecule has 0 saturated carbocycles. The van der Waals surface area contributed by atoms with Gasteiger partial charge in [0, 0.05) is 11.6 Å². The molecule has 0 spiro atoms. The molecular weight excluding hydrogens is 304 g/mol. The van der Waals surface area contributed by atoms with Gasteiger partial charge in [-0.2, -0.15) is 0 Å². The van der Waals surface area contributed by atoms with E-state index in [-0.39, 0.29) is 0 Å². The molecular formula is C24H17O+. The fourth-order valence-electron chi connectivity index (χ4n) is 2.95. The second-order valence-electron chi connectivity index (χ2n) is 5.91. The van der Waals surface area contributed by atoms with Crippen LogP contribution in [-0.2, 0) is 0 Å². The average Bonchev–Trinajstić information content (AvgIpc) is 2.68. The Bertz CT molecular complexity index is 1080. The zero-order chi connectivity index (χ0) is 17.1. The van der Waals surface area contributed by atoms with Crippen LogP contribution in [0.4, 0.5) is 0 Å². The van der Waals surface area contributed by atoms with Crippen LogP contribution in [0, 0.1) is 18.8 Å². The monoisotopic (exact) mass is 321 g/mol. The van der Waals surface area contributed by atoms with Crippen LogP contribution in [0.3, 0.4) is 0 Å². The SMILES string of the molecule is Cc1c(-c2ccccc2)[o+]c2ccccc2c1C#Cc1ccccc1. The summed E-state index contributed by atoms with van der Waals surface area (Å²) in [5.41, 5.74) is 5.00. The molecule has 0 aliphatic carbocycles. The van der Waals surface area contributed by atoms with E-state index in [2.05, 4.69) is 37.0 Å². The lowest BCUT2D eigenvalue weighted by molar-refractivity contribution is 0.615. The van der Waals surface area contributed by atoms with E-state index in [1.165, 1.54) is 0 Å². The van der Waals surface area contributed by atoms with E-state index in [4.69, 9.17) is 4.42 Å². The van der Waals surface area contributed by atoms with Crippen molar-refractivity contribution in [2.75, 3.05) is 0 Å². The third kappa shape index (κ3) is 3.03. The normalized spacial score (nSPS) is 10.3. The summed E-state index contributed by atoms with van der Waals surface area (Å²) in [5, 5.41) is 1.04. The maximum absolute atomic E-state index is 6.20. The Morgan fingerprint density at radius 3 is 2.08 bits per heavy atom. The van der Waals surface area contributed by atoms with Crippen LogP contribution in [0.5, 0.6) is 0 Å². The Labute approximate surface area is 147 Å². The van der Waals surface area contributed by atoms with Gasteiger partial charge in [0.25, 0.3) is 0 Å². The number of para-hydroxylation sites is 1. The van der Waals surface area contributed by atoms with Crippen molar-refractivity contribution in [3.05, 3.63) is 102 Å². The quantitative estimate of drug-likeness (QED) is 0.305. The average molecular weight is 321 g/mol. The van der Waals surface area contributed by atoms with E-state index in [9.17, 15) is 0 Å². The van der Waals surface area contributed by atoms with E-state index >= 15 is 0 Å². The summed E-state index contributed by atoms with van der Waals surface area (Å²) in [5.74, 6) is 7.53. The Hall–Kier alpha value is -3.37. The van der Waals surface area contributed by atoms with Gasteiger partial charge >= 0.3 is 11.3 Å². The topological polar surface area (TPSA) is 11.3 Å². The number of fused-ring (bicyclic) bond motifs is 1. The zero-order valence-electron chi connectivity index (χ0n) is 14.0. The molecule has 0 bridgehead atoms. The molecule has 0 saturated heterocycles. The molecule has 1 heterocycles. The second-order valence-corrected chi connectivity index (χ2v) is 5.91. The Morgan fingerprint density at radius 1 is 0.680 bits per heavy atom. The van der Waals surface area contributed by atoms with Gasteiger partial charge in [0.15, 0.2) is 0 Å². The van der Waals surface area contributed by atoms with Gasteiger partial charge in [-0.25, -0.2) is 4.42 Å². The minimum absolute atomic E-state index is 0.851. The van der Waals surface area contributed by atoms with Crippen molar-refractivity contribution in [3.8, 4) is 23.2 Å². The molecule has 0 radical (unpaired) electrons. The molecule has 4 aromatic rings. The zero-order valence-corrected chi connectivity index (χ0v) is 14.0. The van der Waals surface area contributed by atoms with E-state index < -0.39 is 0 Å². The lowest BCUT2D eigenvalue weighted by Crippen LogP contribution is -1.91. The van der Waals surface area contributed by atoms with Gasteiger partial charge in [-0.15, -0.1) is 0 Å². The van der Waals surface area contributed by atoms with Crippen LogP contribution >= 0.6 is 0 Å². The summed E-state index contributed by atoms with van der Waals surface area (Å²) in [6, 6.07) is 28.3. The molecule has 0 unspecified atom stereocenters. The summed E-state index contributed by atoms with van der Waals surface area (Å²) in [6.45, 7) is 2.08. The van der Waals surface area contributed by atoms with Crippen molar-refractivity contribution >= 4 is 11.0 Å². The molecule has 0 fully saturated rings. The first kappa shape index (κ1) is 15.2. The highest BCUT2D eigenvalue weighted by atomic mass is 16.3. The summed E-state index contributed by atoms with van der Waals surface area (Å²) in [4.78, 5) is 0. The Kier molecular flexibility index (Phi) is 4.02. The third-order valence-corrected chi connectivity index (χ3v) is 4.23. The minimum Gasteiger partial charge on any atom is -0.206 e. The van der Waals surface area contributed by atoms with Gasteiger partial charge in [0.2, 0.25) is 0 Å². The molecule has 1 heteroatoms. The largest absolute Gasteiger partial charge is 0.364 e. The van der Waals surface area contributed by atoms with Crippen molar-refractivity contribution in [1.29, 1.82) is 0 Å². The summed E-state index contributed by atoms with van der Waals surface area (Å²) in [7, 11) is 0. The van der Waals surface area contributed by atoms with Gasteiger partial charge < -0.3 is 0 Å². The van der Waals surface area contributed by atoms with Crippen LogP contribution in [0.25, 0.3) is 22.3 Å². The molecule has 1 nitrogen and oxygen atoms in total. The van der Waals surface area contributed by atoms with Crippen molar-refractivity contribution in [2.24, 2.45) is 0 Å². The smallest absolute Gasteiger partial charge is 0.206 e. The molecule has 0 aliphatic rings. The summed E-state index contributed by atoms with van der Waals surface area (Å²) in [6.07, 6.45) is 0. The van der Waals surface area contributed by atoms with Crippen molar-refractivity contribution in [1.82, 2.24) is 0 Å². The molecule has 0 atom stereocenters. The first-order chi connectivity index (χ1) is 12.3. The van der Waals surface area contributed by atoms with Crippen molar-refractivity contribution in [3.63, 3.8) is 0 Å². The summed E-state index contributed by atoms with van der Waals surface area (Å²) >= 11 is 0. The highest BCUT2D eigenvalue weighted by Crippen LogP contribution is 2.31. The maximum atomic E-state index is 6.20. The standard InChI is InChI=1S/C24H17O/c1-18-21(17-16-19-10-4-2-5-11-19)22-14-8-9-15-23(22)25-24(18)20-12-6-3-7-13-20/h2-15H,1H3/q+1. The van der Waals surface area contributed by atoms with Crippen LogP contribution in [0.2, 0.25) is 0 Å². The highest BCUT2D eigenvalue weighted by molar-refractivity contribution is 5.87. The minimum atomic E-state index is 0.851. The molecule has 4 rings (SSSR count). The molecule has 0 N–H and O–H groups in total. The van der Waals surface area contributed by atoms with Crippen LogP contribution in [0.15, 0.2) is 89.3 Å². The molecule has 118 valence electrons. The molecule has 3 aromatic carbocycles. The first-order valence-corrected chi connectivity index (χ1v) is 8.31. The van der Waals surface area contributed by atoms with Crippen LogP contribution in [-0.4, -0.2) is 0 Å². The predicted octanol–water partition coefficient (Wildman–Crippen LogP) is 6.09.